The molecule has 2 atom stereocenters. The normalized spacial score (nSPS) is 30.5. The Hall–Kier alpha value is -0.770. The fourth-order valence-electron chi connectivity index (χ4n) is 2.36. The first kappa shape index (κ1) is 9.77. The van der Waals surface area contributed by atoms with Crippen molar-refractivity contribution in [2.45, 2.75) is 13.3 Å². The number of fused-ring (bicyclic) bond motifs is 1. The maximum Gasteiger partial charge on any atom is 0.317 e. The second-order valence-corrected chi connectivity index (χ2v) is 4.32. The van der Waals surface area contributed by atoms with E-state index in [1.54, 1.807) is 0 Å². The summed E-state index contributed by atoms with van der Waals surface area (Å²) in [5.74, 6) is 1.39. The summed E-state index contributed by atoms with van der Waals surface area (Å²) in [6.45, 7) is 6.91. The molecule has 2 aliphatic rings. The molecular formula is C10H19N3O. The van der Waals surface area contributed by atoms with Gasteiger partial charge in [-0.3, -0.25) is 0 Å². The molecule has 0 spiro atoms. The molecule has 2 N–H and O–H groups in total. The van der Waals surface area contributed by atoms with Crippen LogP contribution in [0.1, 0.15) is 13.3 Å². The van der Waals surface area contributed by atoms with Crippen LogP contribution in [0.4, 0.5) is 4.79 Å². The van der Waals surface area contributed by atoms with Crippen molar-refractivity contribution in [1.29, 1.82) is 0 Å². The Morgan fingerprint density at radius 2 is 2.07 bits per heavy atom. The minimum atomic E-state index is 0.126. The lowest BCUT2D eigenvalue weighted by atomic mass is 10.0. The van der Waals surface area contributed by atoms with Gasteiger partial charge in [0, 0.05) is 32.7 Å². The third kappa shape index (κ3) is 1.85. The highest BCUT2D eigenvalue weighted by atomic mass is 16.2. The van der Waals surface area contributed by atoms with E-state index in [2.05, 4.69) is 17.6 Å². The molecule has 2 fully saturated rings. The van der Waals surface area contributed by atoms with E-state index in [0.29, 0.717) is 11.8 Å². The van der Waals surface area contributed by atoms with E-state index in [-0.39, 0.29) is 6.03 Å². The Bertz CT molecular complexity index is 207. The quantitative estimate of drug-likeness (QED) is 0.667. The Balaban J connectivity index is 1.80. The lowest BCUT2D eigenvalue weighted by Crippen LogP contribution is -2.40. The number of urea groups is 1. The van der Waals surface area contributed by atoms with Crippen molar-refractivity contribution in [1.82, 2.24) is 15.5 Å². The summed E-state index contributed by atoms with van der Waals surface area (Å²) in [6.07, 6.45) is 1.01. The molecule has 0 aromatic rings. The summed E-state index contributed by atoms with van der Waals surface area (Å²) in [5.41, 5.74) is 0. The van der Waals surface area contributed by atoms with Crippen molar-refractivity contribution in [2.24, 2.45) is 11.8 Å². The minimum absolute atomic E-state index is 0.126. The third-order valence-electron chi connectivity index (χ3n) is 3.20. The van der Waals surface area contributed by atoms with Gasteiger partial charge in [-0.15, -0.1) is 0 Å². The predicted molar refractivity (Wildman–Crippen MR) is 55.1 cm³/mol. The van der Waals surface area contributed by atoms with Crippen molar-refractivity contribution in [3.8, 4) is 0 Å². The van der Waals surface area contributed by atoms with Gasteiger partial charge in [0.15, 0.2) is 0 Å². The summed E-state index contributed by atoms with van der Waals surface area (Å²) in [6, 6.07) is 0.126. The number of rotatable bonds is 2. The van der Waals surface area contributed by atoms with Crippen LogP contribution in [-0.4, -0.2) is 43.7 Å². The van der Waals surface area contributed by atoms with Crippen LogP contribution in [0.3, 0.4) is 0 Å². The van der Waals surface area contributed by atoms with Crippen LogP contribution in [0.5, 0.6) is 0 Å². The molecule has 0 unspecified atom stereocenters. The van der Waals surface area contributed by atoms with Gasteiger partial charge in [-0.2, -0.15) is 0 Å². The molecule has 80 valence electrons. The summed E-state index contributed by atoms with van der Waals surface area (Å²) >= 11 is 0. The average Bonchev–Trinajstić information content (AvgIpc) is 2.72. The van der Waals surface area contributed by atoms with Crippen LogP contribution in [0.15, 0.2) is 0 Å². The second-order valence-electron chi connectivity index (χ2n) is 4.32. The van der Waals surface area contributed by atoms with Gasteiger partial charge in [-0.25, -0.2) is 4.79 Å². The lowest BCUT2D eigenvalue weighted by molar-refractivity contribution is 0.205. The molecule has 0 aromatic carbocycles. The van der Waals surface area contributed by atoms with Gasteiger partial charge in [-0.05, 0) is 18.3 Å². The maximum atomic E-state index is 11.6. The summed E-state index contributed by atoms with van der Waals surface area (Å²) in [4.78, 5) is 13.6. The number of carbonyl (C=O) groups is 1. The number of hydrogen-bond donors (Lipinski definition) is 2. The molecule has 4 nitrogen and oxygen atoms in total. The fraction of sp³-hybridized carbons (Fsp3) is 0.900. The standard InChI is InChI=1S/C10H19N3O/c1-2-3-12-10(14)13-6-8-4-11-5-9(8)7-13/h8-9,11H,2-7H2,1H3,(H,12,14)/t8-,9+. The molecule has 0 aromatic heterocycles. The molecule has 14 heavy (non-hydrogen) atoms. The van der Waals surface area contributed by atoms with Crippen LogP contribution in [0.2, 0.25) is 0 Å². The second kappa shape index (κ2) is 4.17. The smallest absolute Gasteiger partial charge is 0.317 e. The number of nitrogens with zero attached hydrogens (tertiary/aromatic N) is 1. The van der Waals surface area contributed by atoms with E-state index in [1.165, 1.54) is 0 Å². The maximum absolute atomic E-state index is 11.6. The first-order chi connectivity index (χ1) is 6.81. The minimum Gasteiger partial charge on any atom is -0.338 e. The first-order valence-electron chi connectivity index (χ1n) is 5.54. The van der Waals surface area contributed by atoms with Crippen LogP contribution >= 0.6 is 0 Å². The van der Waals surface area contributed by atoms with Crippen LogP contribution in [0, 0.1) is 11.8 Å². The zero-order chi connectivity index (χ0) is 9.97. The van der Waals surface area contributed by atoms with Gasteiger partial charge in [-0.1, -0.05) is 6.92 Å². The molecular weight excluding hydrogens is 178 g/mol. The molecule has 2 aliphatic heterocycles. The monoisotopic (exact) mass is 197 g/mol. The topological polar surface area (TPSA) is 44.4 Å². The number of amides is 2. The van der Waals surface area contributed by atoms with Gasteiger partial charge < -0.3 is 15.5 Å². The van der Waals surface area contributed by atoms with E-state index in [0.717, 1.165) is 39.1 Å². The first-order valence-corrected chi connectivity index (χ1v) is 5.54. The van der Waals surface area contributed by atoms with Gasteiger partial charge in [0.25, 0.3) is 0 Å². The zero-order valence-corrected chi connectivity index (χ0v) is 8.75. The Kier molecular flexibility index (Phi) is 2.91. The highest BCUT2D eigenvalue weighted by Crippen LogP contribution is 2.25. The van der Waals surface area contributed by atoms with E-state index in [9.17, 15) is 4.79 Å². The van der Waals surface area contributed by atoms with E-state index >= 15 is 0 Å². The fourth-order valence-corrected chi connectivity index (χ4v) is 2.36. The van der Waals surface area contributed by atoms with Gasteiger partial charge >= 0.3 is 6.03 Å². The molecule has 2 amide bonds. The van der Waals surface area contributed by atoms with Gasteiger partial charge in [0.2, 0.25) is 0 Å². The van der Waals surface area contributed by atoms with Gasteiger partial charge in [0.1, 0.15) is 0 Å². The third-order valence-corrected chi connectivity index (χ3v) is 3.20. The van der Waals surface area contributed by atoms with Crippen molar-refractivity contribution < 1.29 is 4.79 Å². The Morgan fingerprint density at radius 3 is 2.64 bits per heavy atom. The SMILES string of the molecule is CCCNC(=O)N1C[C@H]2CNC[C@H]2C1. The van der Waals surface area contributed by atoms with E-state index in [4.69, 9.17) is 0 Å². The zero-order valence-electron chi connectivity index (χ0n) is 8.75. The van der Waals surface area contributed by atoms with Crippen LogP contribution in [0.25, 0.3) is 0 Å². The average molecular weight is 197 g/mol. The van der Waals surface area contributed by atoms with Crippen molar-refractivity contribution in [3.05, 3.63) is 0 Å². The van der Waals surface area contributed by atoms with E-state index in [1.807, 2.05) is 4.90 Å². The molecule has 2 saturated heterocycles. The van der Waals surface area contributed by atoms with E-state index < -0.39 is 0 Å². The molecule has 2 rings (SSSR count). The molecule has 4 heteroatoms. The summed E-state index contributed by atoms with van der Waals surface area (Å²) < 4.78 is 0. The van der Waals surface area contributed by atoms with Crippen LogP contribution < -0.4 is 10.6 Å². The van der Waals surface area contributed by atoms with Crippen LogP contribution in [-0.2, 0) is 0 Å². The largest absolute Gasteiger partial charge is 0.338 e. The number of carbonyl (C=O) groups excluding carboxylic acids is 1. The molecule has 0 aliphatic carbocycles. The summed E-state index contributed by atoms with van der Waals surface area (Å²) in [5, 5.41) is 6.30. The molecule has 0 bridgehead atoms. The Morgan fingerprint density at radius 1 is 1.43 bits per heavy atom. The summed E-state index contributed by atoms with van der Waals surface area (Å²) in [7, 11) is 0. The van der Waals surface area contributed by atoms with Crippen molar-refractivity contribution in [3.63, 3.8) is 0 Å². The highest BCUT2D eigenvalue weighted by molar-refractivity contribution is 5.74. The number of nitrogens with one attached hydrogen (secondary N) is 2. The predicted octanol–water partition coefficient (Wildman–Crippen LogP) is 0.257. The molecule has 2 heterocycles. The Labute approximate surface area is 85.0 Å². The molecule has 0 saturated carbocycles. The van der Waals surface area contributed by atoms with Gasteiger partial charge in [0.05, 0.1) is 0 Å². The number of likely N-dealkylation sites (tertiary alicyclic amines) is 1. The molecule has 0 radical (unpaired) electrons. The number of hydrogen-bond acceptors (Lipinski definition) is 2. The lowest BCUT2D eigenvalue weighted by Gasteiger charge is -2.17. The van der Waals surface area contributed by atoms with Crippen molar-refractivity contribution in [2.75, 3.05) is 32.7 Å². The highest BCUT2D eigenvalue weighted by Gasteiger charge is 2.37. The van der Waals surface area contributed by atoms with Crippen molar-refractivity contribution >= 4 is 6.03 Å².